The molecule has 0 unspecified atom stereocenters. The minimum absolute atomic E-state index is 0.485. The lowest BCUT2D eigenvalue weighted by molar-refractivity contribution is 0.215. The Hall–Kier alpha value is -3.47. The zero-order chi connectivity index (χ0) is 20.2. The second kappa shape index (κ2) is 8.27. The molecule has 0 fully saturated rings. The van der Waals surface area contributed by atoms with Crippen molar-refractivity contribution in [1.29, 1.82) is 0 Å². The van der Waals surface area contributed by atoms with Gasteiger partial charge in [-0.25, -0.2) is 4.79 Å². The number of carbonyl (C=O) groups is 1. The fraction of sp³-hybridized carbons (Fsp3) is 0.208. The molecule has 4 rings (SSSR count). The highest BCUT2D eigenvalue weighted by atomic mass is 16.6. The van der Waals surface area contributed by atoms with Crippen molar-refractivity contribution in [2.75, 3.05) is 35.8 Å². The second-order valence-corrected chi connectivity index (χ2v) is 7.40. The van der Waals surface area contributed by atoms with Gasteiger partial charge in [0.05, 0.1) is 0 Å². The van der Waals surface area contributed by atoms with E-state index in [1.807, 2.05) is 67.5 Å². The Bertz CT molecular complexity index is 985. The van der Waals surface area contributed by atoms with Crippen LogP contribution in [-0.4, -0.2) is 26.7 Å². The van der Waals surface area contributed by atoms with Crippen molar-refractivity contribution >= 4 is 23.2 Å². The monoisotopic (exact) mass is 387 g/mol. The predicted octanol–water partition coefficient (Wildman–Crippen LogP) is 4.93. The van der Waals surface area contributed by atoms with Crippen molar-refractivity contribution in [3.05, 3.63) is 83.9 Å². The molecule has 5 nitrogen and oxygen atoms in total. The number of hydrogen-bond acceptors (Lipinski definition) is 4. The van der Waals surface area contributed by atoms with Gasteiger partial charge in [-0.3, -0.25) is 5.32 Å². The zero-order valence-corrected chi connectivity index (χ0v) is 16.8. The van der Waals surface area contributed by atoms with Gasteiger partial charge in [0.25, 0.3) is 0 Å². The van der Waals surface area contributed by atoms with Crippen molar-refractivity contribution in [3.63, 3.8) is 0 Å². The maximum atomic E-state index is 12.3. The van der Waals surface area contributed by atoms with Crippen LogP contribution in [0.1, 0.15) is 11.1 Å². The smallest absolute Gasteiger partial charge is 0.410 e. The van der Waals surface area contributed by atoms with Crippen LogP contribution >= 0.6 is 0 Å². The lowest BCUT2D eigenvalue weighted by Gasteiger charge is -2.19. The maximum Gasteiger partial charge on any atom is 0.417 e. The molecule has 1 amide bonds. The van der Waals surface area contributed by atoms with Gasteiger partial charge in [0.15, 0.2) is 0 Å². The Morgan fingerprint density at radius 2 is 1.79 bits per heavy atom. The minimum atomic E-state index is -0.485. The molecule has 1 heterocycles. The third-order valence-electron chi connectivity index (χ3n) is 5.10. The number of fused-ring (bicyclic) bond motifs is 1. The van der Waals surface area contributed by atoms with E-state index in [-0.39, 0.29) is 0 Å². The topological polar surface area (TPSA) is 44.8 Å². The van der Waals surface area contributed by atoms with Crippen LogP contribution in [0.3, 0.4) is 0 Å². The third-order valence-corrected chi connectivity index (χ3v) is 5.10. The number of carbonyl (C=O) groups excluding carboxylic acids is 1. The normalized spacial score (nSPS) is 12.4. The zero-order valence-electron chi connectivity index (χ0n) is 16.8. The highest BCUT2D eigenvalue weighted by molar-refractivity contribution is 5.86. The summed E-state index contributed by atoms with van der Waals surface area (Å²) in [5.74, 6) is 0.563. The summed E-state index contributed by atoms with van der Waals surface area (Å²) in [5.41, 5.74) is 5.49. The maximum absolute atomic E-state index is 12.3. The second-order valence-electron chi connectivity index (χ2n) is 7.40. The summed E-state index contributed by atoms with van der Waals surface area (Å²) in [7, 11) is 3.96. The molecule has 1 aliphatic heterocycles. The number of hydrogen-bond donors (Lipinski definition) is 1. The number of benzene rings is 3. The first-order chi connectivity index (χ1) is 14.1. The molecular formula is C24H25N3O2. The molecule has 29 heavy (non-hydrogen) atoms. The van der Waals surface area contributed by atoms with E-state index in [9.17, 15) is 4.79 Å². The Labute approximate surface area is 171 Å². The van der Waals surface area contributed by atoms with Crippen LogP contribution in [-0.2, 0) is 13.0 Å². The van der Waals surface area contributed by atoms with Crippen LogP contribution in [0.5, 0.6) is 5.75 Å². The number of rotatable bonds is 5. The van der Waals surface area contributed by atoms with E-state index >= 15 is 0 Å². The molecular weight excluding hydrogens is 362 g/mol. The number of anilines is 3. The molecule has 0 bridgehead atoms. The van der Waals surface area contributed by atoms with Gasteiger partial charge in [-0.15, -0.1) is 0 Å². The lowest BCUT2D eigenvalue weighted by atomic mass is 10.1. The quantitative estimate of drug-likeness (QED) is 0.674. The lowest BCUT2D eigenvalue weighted by Crippen LogP contribution is -2.19. The van der Waals surface area contributed by atoms with E-state index in [0.717, 1.165) is 25.2 Å². The van der Waals surface area contributed by atoms with E-state index in [1.54, 1.807) is 0 Å². The van der Waals surface area contributed by atoms with Gasteiger partial charge in [0.2, 0.25) is 0 Å². The van der Waals surface area contributed by atoms with Crippen LogP contribution in [0.4, 0.5) is 21.9 Å². The average Bonchev–Trinajstić information content (AvgIpc) is 3.11. The molecule has 3 aromatic rings. The highest BCUT2D eigenvalue weighted by Crippen LogP contribution is 2.32. The third kappa shape index (κ3) is 4.51. The Kier molecular flexibility index (Phi) is 5.38. The molecule has 0 atom stereocenters. The molecule has 148 valence electrons. The molecule has 5 heteroatoms. The minimum Gasteiger partial charge on any atom is -0.410 e. The first-order valence-electron chi connectivity index (χ1n) is 9.76. The van der Waals surface area contributed by atoms with Gasteiger partial charge in [0.1, 0.15) is 5.75 Å². The SMILES string of the molecule is CN(C)c1ccc(NC(=O)Oc2ccc3c(c2)CCN3Cc2ccccc2)cc1. The summed E-state index contributed by atoms with van der Waals surface area (Å²) >= 11 is 0. The first kappa shape index (κ1) is 18.9. The molecule has 0 radical (unpaired) electrons. The largest absolute Gasteiger partial charge is 0.417 e. The van der Waals surface area contributed by atoms with Crippen molar-refractivity contribution in [2.45, 2.75) is 13.0 Å². The summed E-state index contributed by atoms with van der Waals surface area (Å²) in [6, 6.07) is 23.9. The summed E-state index contributed by atoms with van der Waals surface area (Å²) in [4.78, 5) is 16.6. The van der Waals surface area contributed by atoms with Crippen LogP contribution in [0.15, 0.2) is 72.8 Å². The number of nitrogens with zero attached hydrogens (tertiary/aromatic N) is 2. The highest BCUT2D eigenvalue weighted by Gasteiger charge is 2.20. The molecule has 0 aromatic heterocycles. The van der Waals surface area contributed by atoms with Crippen LogP contribution in [0, 0.1) is 0 Å². The first-order valence-corrected chi connectivity index (χ1v) is 9.76. The van der Waals surface area contributed by atoms with Gasteiger partial charge in [-0.05, 0) is 60.0 Å². The molecule has 1 N–H and O–H groups in total. The predicted molar refractivity (Wildman–Crippen MR) is 118 cm³/mol. The van der Waals surface area contributed by atoms with E-state index < -0.39 is 6.09 Å². The Balaban J connectivity index is 1.38. The fourth-order valence-electron chi connectivity index (χ4n) is 3.57. The number of ether oxygens (including phenoxy) is 1. The molecule has 0 aliphatic carbocycles. The number of nitrogens with one attached hydrogen (secondary N) is 1. The van der Waals surface area contributed by atoms with Crippen LogP contribution < -0.4 is 19.9 Å². The molecule has 0 spiro atoms. The Morgan fingerprint density at radius 1 is 1.03 bits per heavy atom. The summed E-state index contributed by atoms with van der Waals surface area (Å²) in [5, 5.41) is 2.78. The fourth-order valence-corrected chi connectivity index (χ4v) is 3.57. The Morgan fingerprint density at radius 3 is 2.52 bits per heavy atom. The van der Waals surface area contributed by atoms with Crippen molar-refractivity contribution in [2.24, 2.45) is 0 Å². The van der Waals surface area contributed by atoms with Gasteiger partial charge in [0, 0.05) is 44.2 Å². The van der Waals surface area contributed by atoms with Gasteiger partial charge in [-0.2, -0.15) is 0 Å². The summed E-state index contributed by atoms with van der Waals surface area (Å²) < 4.78 is 5.50. The molecule has 1 aliphatic rings. The molecule has 3 aromatic carbocycles. The van der Waals surface area contributed by atoms with Crippen LogP contribution in [0.2, 0.25) is 0 Å². The van der Waals surface area contributed by atoms with E-state index in [2.05, 4.69) is 34.5 Å². The summed E-state index contributed by atoms with van der Waals surface area (Å²) in [6.45, 7) is 1.86. The van der Waals surface area contributed by atoms with E-state index in [4.69, 9.17) is 4.74 Å². The molecule has 0 saturated carbocycles. The van der Waals surface area contributed by atoms with Crippen LogP contribution in [0.25, 0.3) is 0 Å². The van der Waals surface area contributed by atoms with Gasteiger partial charge in [-0.1, -0.05) is 30.3 Å². The van der Waals surface area contributed by atoms with E-state index in [0.29, 0.717) is 11.4 Å². The summed E-state index contributed by atoms with van der Waals surface area (Å²) in [6.07, 6.45) is 0.467. The van der Waals surface area contributed by atoms with Crippen molar-refractivity contribution in [3.8, 4) is 5.75 Å². The van der Waals surface area contributed by atoms with Gasteiger partial charge < -0.3 is 14.5 Å². The average molecular weight is 387 g/mol. The van der Waals surface area contributed by atoms with Crippen molar-refractivity contribution in [1.82, 2.24) is 0 Å². The number of amides is 1. The van der Waals surface area contributed by atoms with Gasteiger partial charge >= 0.3 is 6.09 Å². The molecule has 0 saturated heterocycles. The van der Waals surface area contributed by atoms with E-state index in [1.165, 1.54) is 16.8 Å². The standard InChI is InChI=1S/C24H25N3O2/c1-26(2)21-10-8-20(9-11-21)25-24(28)29-22-12-13-23-19(16-22)14-15-27(23)17-18-6-4-3-5-7-18/h3-13,16H,14-15,17H2,1-2H3,(H,25,28). The van der Waals surface area contributed by atoms with Crippen molar-refractivity contribution < 1.29 is 9.53 Å².